The molecule has 6 nitrogen and oxygen atoms in total. The molecule has 0 bridgehead atoms. The molecule has 0 spiro atoms. The van der Waals surface area contributed by atoms with Crippen LogP contribution >= 0.6 is 11.8 Å². The summed E-state index contributed by atoms with van der Waals surface area (Å²) < 4.78 is 39.8. The second kappa shape index (κ2) is 8.68. The first kappa shape index (κ1) is 22.8. The molecule has 164 valence electrons. The van der Waals surface area contributed by atoms with Gasteiger partial charge in [0.25, 0.3) is 0 Å². The maximum Gasteiger partial charge on any atom is 0.434 e. The van der Waals surface area contributed by atoms with E-state index < -0.39 is 11.9 Å². The largest absolute Gasteiger partial charge is 0.434 e. The standard InChI is InChI=1S/C20H26F3N5OS/c1-12-18(30-15-5-4-8-25-16(15)20(21,22)23)27-14(11-29)17(26-12)28-9-6-19(3,7-10-28)13(2)24/h4-5,8,13,29H,6-7,9-11,24H2,1-3H3/t13-/m0/s1. The highest BCUT2D eigenvalue weighted by molar-refractivity contribution is 7.99. The number of rotatable bonds is 5. The molecule has 0 unspecified atom stereocenters. The average molecular weight is 442 g/mol. The van der Waals surface area contributed by atoms with E-state index in [0.29, 0.717) is 22.2 Å². The van der Waals surface area contributed by atoms with Crippen molar-refractivity contribution in [3.63, 3.8) is 0 Å². The zero-order chi connectivity index (χ0) is 22.1. The number of alkyl halides is 3. The number of aliphatic hydroxyl groups is 1. The number of hydrogen-bond acceptors (Lipinski definition) is 7. The minimum atomic E-state index is -4.56. The first-order valence-corrected chi connectivity index (χ1v) is 10.6. The second-order valence-electron chi connectivity index (χ2n) is 7.92. The van der Waals surface area contributed by atoms with Gasteiger partial charge in [0.15, 0.2) is 11.5 Å². The zero-order valence-electron chi connectivity index (χ0n) is 17.2. The lowest BCUT2D eigenvalue weighted by Crippen LogP contribution is -2.47. The fourth-order valence-electron chi connectivity index (χ4n) is 3.46. The van der Waals surface area contributed by atoms with Gasteiger partial charge in [-0.2, -0.15) is 13.2 Å². The molecule has 0 aromatic carbocycles. The molecule has 0 saturated carbocycles. The summed E-state index contributed by atoms with van der Waals surface area (Å²) >= 11 is 0.854. The van der Waals surface area contributed by atoms with E-state index in [2.05, 4.69) is 26.8 Å². The van der Waals surface area contributed by atoms with Crippen molar-refractivity contribution >= 4 is 17.6 Å². The predicted octanol–water partition coefficient (Wildman–Crippen LogP) is 3.80. The second-order valence-corrected chi connectivity index (χ2v) is 8.95. The van der Waals surface area contributed by atoms with E-state index in [1.807, 2.05) is 6.92 Å². The van der Waals surface area contributed by atoms with Gasteiger partial charge in [0.2, 0.25) is 0 Å². The molecule has 0 aliphatic carbocycles. The van der Waals surface area contributed by atoms with Crippen molar-refractivity contribution in [1.29, 1.82) is 0 Å². The topological polar surface area (TPSA) is 88.2 Å². The van der Waals surface area contributed by atoms with E-state index in [-0.39, 0.29) is 23.0 Å². The van der Waals surface area contributed by atoms with E-state index in [4.69, 9.17) is 5.73 Å². The lowest BCUT2D eigenvalue weighted by atomic mass is 9.75. The fourth-order valence-corrected chi connectivity index (χ4v) is 4.42. The molecule has 1 fully saturated rings. The summed E-state index contributed by atoms with van der Waals surface area (Å²) in [5, 5.41) is 10.2. The molecule has 3 N–H and O–H groups in total. The van der Waals surface area contributed by atoms with Crippen molar-refractivity contribution in [3.8, 4) is 0 Å². The van der Waals surface area contributed by atoms with Crippen LogP contribution in [0.3, 0.4) is 0 Å². The van der Waals surface area contributed by atoms with Crippen LogP contribution in [0.15, 0.2) is 28.3 Å². The lowest BCUT2D eigenvalue weighted by molar-refractivity contribution is -0.143. The predicted molar refractivity (Wildman–Crippen MR) is 109 cm³/mol. The normalized spacial score (nSPS) is 17.8. The number of nitrogens with zero attached hydrogens (tertiary/aromatic N) is 4. The Balaban J connectivity index is 1.88. The Morgan fingerprint density at radius 3 is 2.53 bits per heavy atom. The monoisotopic (exact) mass is 441 g/mol. The first-order chi connectivity index (χ1) is 14.0. The van der Waals surface area contributed by atoms with Crippen LogP contribution in [0.4, 0.5) is 19.0 Å². The van der Waals surface area contributed by atoms with Crippen molar-refractivity contribution in [3.05, 3.63) is 35.4 Å². The highest BCUT2D eigenvalue weighted by atomic mass is 32.2. The number of aliphatic hydroxyl groups excluding tert-OH is 1. The maximum atomic E-state index is 13.3. The van der Waals surface area contributed by atoms with E-state index in [1.165, 1.54) is 12.1 Å². The number of nitrogens with two attached hydrogens (primary N) is 1. The van der Waals surface area contributed by atoms with Crippen LogP contribution in [0.5, 0.6) is 0 Å². The molecule has 0 radical (unpaired) electrons. The Hall–Kier alpha value is -1.91. The third-order valence-electron chi connectivity index (χ3n) is 5.78. The highest BCUT2D eigenvalue weighted by Crippen LogP contribution is 2.40. The minimum absolute atomic E-state index is 0.0441. The van der Waals surface area contributed by atoms with Gasteiger partial charge in [-0.05, 0) is 44.2 Å². The summed E-state index contributed by atoms with van der Waals surface area (Å²) in [6.45, 7) is 7.00. The van der Waals surface area contributed by atoms with Crippen LogP contribution in [0, 0.1) is 12.3 Å². The van der Waals surface area contributed by atoms with Gasteiger partial charge in [0.1, 0.15) is 10.7 Å². The maximum absolute atomic E-state index is 13.3. The number of aryl methyl sites for hydroxylation is 1. The van der Waals surface area contributed by atoms with Crippen LogP contribution in [0.25, 0.3) is 0 Å². The highest BCUT2D eigenvalue weighted by Gasteiger charge is 2.36. The molecular weight excluding hydrogens is 415 g/mol. The lowest BCUT2D eigenvalue weighted by Gasteiger charge is -2.42. The Kier molecular flexibility index (Phi) is 6.59. The Morgan fingerprint density at radius 2 is 1.97 bits per heavy atom. The molecule has 3 heterocycles. The van der Waals surface area contributed by atoms with Gasteiger partial charge >= 0.3 is 6.18 Å². The molecule has 2 aromatic rings. The molecule has 1 saturated heterocycles. The van der Waals surface area contributed by atoms with Crippen molar-refractivity contribution in [1.82, 2.24) is 15.0 Å². The molecule has 1 aliphatic heterocycles. The molecule has 10 heteroatoms. The summed E-state index contributed by atoms with van der Waals surface area (Å²) in [6.07, 6.45) is -1.68. The number of piperidine rings is 1. The van der Waals surface area contributed by atoms with E-state index >= 15 is 0 Å². The Labute approximate surface area is 178 Å². The van der Waals surface area contributed by atoms with Crippen molar-refractivity contribution in [2.75, 3.05) is 18.0 Å². The average Bonchev–Trinajstić information content (AvgIpc) is 2.69. The molecule has 3 rings (SSSR count). The Bertz CT molecular complexity index is 898. The molecule has 1 aliphatic rings. The number of hydrogen-bond donors (Lipinski definition) is 2. The van der Waals surface area contributed by atoms with E-state index in [0.717, 1.165) is 43.9 Å². The number of pyridine rings is 1. The molecule has 30 heavy (non-hydrogen) atoms. The number of aromatic nitrogens is 3. The SMILES string of the molecule is Cc1nc(N2CCC(C)([C@H](C)N)CC2)c(CO)nc1Sc1cccnc1C(F)(F)F. The van der Waals surface area contributed by atoms with Crippen LogP contribution in [0.1, 0.15) is 43.8 Å². The van der Waals surface area contributed by atoms with Crippen molar-refractivity contribution < 1.29 is 18.3 Å². The van der Waals surface area contributed by atoms with Gasteiger partial charge in [-0.3, -0.25) is 4.98 Å². The number of halogens is 3. The van der Waals surface area contributed by atoms with Crippen LogP contribution in [-0.4, -0.2) is 39.2 Å². The summed E-state index contributed by atoms with van der Waals surface area (Å²) in [5.74, 6) is 0.577. The van der Waals surface area contributed by atoms with Crippen LogP contribution in [0.2, 0.25) is 0 Å². The van der Waals surface area contributed by atoms with Gasteiger partial charge in [0, 0.05) is 30.2 Å². The summed E-state index contributed by atoms with van der Waals surface area (Å²) in [4.78, 5) is 14.5. The van der Waals surface area contributed by atoms with E-state index in [1.54, 1.807) is 6.92 Å². The summed E-state index contributed by atoms with van der Waals surface area (Å²) in [6, 6.07) is 2.88. The van der Waals surface area contributed by atoms with Crippen molar-refractivity contribution in [2.24, 2.45) is 11.1 Å². The van der Waals surface area contributed by atoms with Gasteiger partial charge in [0.05, 0.1) is 12.3 Å². The molecule has 1 atom stereocenters. The summed E-state index contributed by atoms with van der Waals surface area (Å²) in [7, 11) is 0. The third kappa shape index (κ3) is 4.70. The smallest absolute Gasteiger partial charge is 0.390 e. The minimum Gasteiger partial charge on any atom is -0.390 e. The van der Waals surface area contributed by atoms with Crippen LogP contribution < -0.4 is 10.6 Å². The van der Waals surface area contributed by atoms with Gasteiger partial charge in [-0.1, -0.05) is 18.7 Å². The van der Waals surface area contributed by atoms with E-state index in [9.17, 15) is 18.3 Å². The van der Waals surface area contributed by atoms with Gasteiger partial charge in [-0.25, -0.2) is 9.97 Å². The molecule has 0 amide bonds. The van der Waals surface area contributed by atoms with Crippen LogP contribution in [-0.2, 0) is 12.8 Å². The quantitative estimate of drug-likeness (QED) is 0.730. The molecule has 2 aromatic heterocycles. The first-order valence-electron chi connectivity index (χ1n) is 9.74. The Morgan fingerprint density at radius 1 is 1.30 bits per heavy atom. The fraction of sp³-hybridized carbons (Fsp3) is 0.550. The van der Waals surface area contributed by atoms with Gasteiger partial charge < -0.3 is 15.7 Å². The molecular formula is C20H26F3N5OS. The summed E-state index contributed by atoms with van der Waals surface area (Å²) in [5.41, 5.74) is 6.07. The number of anilines is 1. The van der Waals surface area contributed by atoms with Gasteiger partial charge in [-0.15, -0.1) is 0 Å². The van der Waals surface area contributed by atoms with Crippen molar-refractivity contribution in [2.45, 2.75) is 62.4 Å². The zero-order valence-corrected chi connectivity index (χ0v) is 18.0. The third-order valence-corrected chi connectivity index (χ3v) is 6.91.